The summed E-state index contributed by atoms with van der Waals surface area (Å²) in [4.78, 5) is 2.54. The van der Waals surface area contributed by atoms with Crippen molar-refractivity contribution in [2.24, 2.45) is 11.3 Å². The van der Waals surface area contributed by atoms with E-state index in [0.717, 1.165) is 32.2 Å². The number of hydrogen-bond donors (Lipinski definition) is 1. The highest BCUT2D eigenvalue weighted by Gasteiger charge is 2.34. The third kappa shape index (κ3) is 5.80. The van der Waals surface area contributed by atoms with Gasteiger partial charge in [0.15, 0.2) is 0 Å². The van der Waals surface area contributed by atoms with E-state index in [2.05, 4.69) is 37.9 Å². The van der Waals surface area contributed by atoms with Gasteiger partial charge in [0.2, 0.25) is 0 Å². The molecule has 0 heterocycles. The molecule has 0 aromatic heterocycles. The highest BCUT2D eigenvalue weighted by Crippen LogP contribution is 2.39. The lowest BCUT2D eigenvalue weighted by molar-refractivity contribution is 0.0865. The molecule has 0 radical (unpaired) electrons. The van der Waals surface area contributed by atoms with Crippen LogP contribution in [0.1, 0.15) is 47.0 Å². The largest absolute Gasteiger partial charge is 0.383 e. The Hall–Kier alpha value is -0.120. The molecule has 1 saturated carbocycles. The molecule has 1 aliphatic carbocycles. The maximum Gasteiger partial charge on any atom is 0.0589 e. The quantitative estimate of drug-likeness (QED) is 0.734. The van der Waals surface area contributed by atoms with Crippen LogP contribution in [0.2, 0.25) is 0 Å². The van der Waals surface area contributed by atoms with Crippen molar-refractivity contribution in [3.63, 3.8) is 0 Å². The minimum Gasteiger partial charge on any atom is -0.383 e. The molecule has 0 aromatic carbocycles. The number of methoxy groups -OCH3 is 1. The average Bonchev–Trinajstić information content (AvgIpc) is 2.37. The summed E-state index contributed by atoms with van der Waals surface area (Å²) in [6.45, 7) is 14.6. The molecular weight excluding hydrogens is 236 g/mol. The zero-order valence-electron chi connectivity index (χ0n) is 13.7. The number of hydrogen-bond acceptors (Lipinski definition) is 3. The van der Waals surface area contributed by atoms with Crippen LogP contribution in [0, 0.1) is 11.3 Å². The van der Waals surface area contributed by atoms with Crippen molar-refractivity contribution in [3.05, 3.63) is 0 Å². The Labute approximate surface area is 120 Å². The minimum atomic E-state index is 0.511. The van der Waals surface area contributed by atoms with E-state index in [9.17, 15) is 0 Å². The summed E-state index contributed by atoms with van der Waals surface area (Å²) in [6, 6.07) is 0.703. The number of ether oxygens (including phenoxy) is 1. The van der Waals surface area contributed by atoms with E-state index in [0.29, 0.717) is 11.5 Å². The second-order valence-corrected chi connectivity index (χ2v) is 6.72. The summed E-state index contributed by atoms with van der Waals surface area (Å²) in [5, 5.41) is 3.70. The Balaban J connectivity index is 2.57. The maximum atomic E-state index is 5.22. The molecule has 0 amide bonds. The van der Waals surface area contributed by atoms with Gasteiger partial charge in [-0.3, -0.25) is 0 Å². The van der Waals surface area contributed by atoms with E-state index in [4.69, 9.17) is 4.74 Å². The summed E-state index contributed by atoms with van der Waals surface area (Å²) < 4.78 is 5.22. The van der Waals surface area contributed by atoms with E-state index >= 15 is 0 Å². The molecule has 114 valence electrons. The molecule has 1 aliphatic rings. The normalized spacial score (nSPS) is 26.8. The first-order valence-corrected chi connectivity index (χ1v) is 7.97. The van der Waals surface area contributed by atoms with E-state index in [1.807, 2.05) is 0 Å². The fourth-order valence-corrected chi connectivity index (χ4v) is 3.39. The molecule has 0 aliphatic heterocycles. The van der Waals surface area contributed by atoms with E-state index in [1.54, 1.807) is 7.11 Å². The van der Waals surface area contributed by atoms with Gasteiger partial charge >= 0.3 is 0 Å². The number of nitrogens with one attached hydrogen (secondary N) is 1. The zero-order valence-corrected chi connectivity index (χ0v) is 13.7. The molecule has 2 unspecified atom stereocenters. The molecule has 3 nitrogen and oxygen atoms in total. The third-order valence-electron chi connectivity index (χ3n) is 4.53. The fraction of sp³-hybridized carbons (Fsp3) is 1.00. The SMILES string of the molecule is CCNC1CCC(C)(C)CC1CN(CC)CCOC. The molecule has 0 aromatic rings. The average molecular weight is 270 g/mol. The number of rotatable bonds is 8. The molecule has 0 bridgehead atoms. The van der Waals surface area contributed by atoms with Gasteiger partial charge in [0, 0.05) is 26.2 Å². The Kier molecular flexibility index (Phi) is 7.33. The first kappa shape index (κ1) is 16.9. The molecule has 0 spiro atoms. The van der Waals surface area contributed by atoms with Gasteiger partial charge < -0.3 is 15.0 Å². The summed E-state index contributed by atoms with van der Waals surface area (Å²) in [5.74, 6) is 0.778. The molecular formula is C16H34N2O. The van der Waals surface area contributed by atoms with Crippen LogP contribution in [0.25, 0.3) is 0 Å². The topological polar surface area (TPSA) is 24.5 Å². The first-order chi connectivity index (χ1) is 9.02. The van der Waals surface area contributed by atoms with Gasteiger partial charge in [-0.2, -0.15) is 0 Å². The molecule has 19 heavy (non-hydrogen) atoms. The van der Waals surface area contributed by atoms with Crippen LogP contribution >= 0.6 is 0 Å². The summed E-state index contributed by atoms with van der Waals surface area (Å²) in [7, 11) is 1.79. The van der Waals surface area contributed by atoms with Crippen molar-refractivity contribution in [1.82, 2.24) is 10.2 Å². The van der Waals surface area contributed by atoms with E-state index in [-0.39, 0.29) is 0 Å². The van der Waals surface area contributed by atoms with E-state index < -0.39 is 0 Å². The third-order valence-corrected chi connectivity index (χ3v) is 4.53. The Morgan fingerprint density at radius 3 is 2.63 bits per heavy atom. The van der Waals surface area contributed by atoms with Crippen molar-refractivity contribution < 1.29 is 4.74 Å². The number of likely N-dealkylation sites (N-methyl/N-ethyl adjacent to an activating group) is 1. The summed E-state index contributed by atoms with van der Waals surface area (Å²) in [5.41, 5.74) is 0.511. The van der Waals surface area contributed by atoms with E-state index in [1.165, 1.54) is 25.8 Å². The second-order valence-electron chi connectivity index (χ2n) is 6.72. The zero-order chi connectivity index (χ0) is 14.3. The van der Waals surface area contributed by atoms with Crippen molar-refractivity contribution >= 4 is 0 Å². The molecule has 1 rings (SSSR count). The second kappa shape index (κ2) is 8.23. The predicted octanol–water partition coefficient (Wildman–Crippen LogP) is 2.76. The van der Waals surface area contributed by atoms with Gasteiger partial charge in [0.25, 0.3) is 0 Å². The van der Waals surface area contributed by atoms with Crippen molar-refractivity contribution in [1.29, 1.82) is 0 Å². The summed E-state index contributed by atoms with van der Waals surface area (Å²) in [6.07, 6.45) is 4.02. The maximum absolute atomic E-state index is 5.22. The molecule has 1 N–H and O–H groups in total. The van der Waals surface area contributed by atoms with Gasteiger partial charge in [0.05, 0.1) is 6.61 Å². The van der Waals surface area contributed by atoms with Crippen LogP contribution in [0.3, 0.4) is 0 Å². The van der Waals surface area contributed by atoms with Crippen LogP contribution in [0.4, 0.5) is 0 Å². The van der Waals surface area contributed by atoms with Crippen LogP contribution < -0.4 is 5.32 Å². The Morgan fingerprint density at radius 2 is 2.05 bits per heavy atom. The lowest BCUT2D eigenvalue weighted by Gasteiger charge is -2.43. The lowest BCUT2D eigenvalue weighted by atomic mass is 9.69. The molecule has 2 atom stereocenters. The van der Waals surface area contributed by atoms with Crippen LogP contribution in [-0.2, 0) is 4.74 Å². The summed E-state index contributed by atoms with van der Waals surface area (Å²) >= 11 is 0. The standard InChI is InChI=1S/C16H34N2O/c1-6-17-15-8-9-16(3,4)12-14(15)13-18(7-2)10-11-19-5/h14-15,17H,6-13H2,1-5H3. The Bertz CT molecular complexity index is 243. The van der Waals surface area contributed by atoms with Gasteiger partial charge in [-0.1, -0.05) is 27.7 Å². The van der Waals surface area contributed by atoms with Crippen molar-refractivity contribution in [2.75, 3.05) is 39.9 Å². The first-order valence-electron chi connectivity index (χ1n) is 7.97. The molecule has 3 heteroatoms. The molecule has 1 fully saturated rings. The Morgan fingerprint density at radius 1 is 1.32 bits per heavy atom. The highest BCUT2D eigenvalue weighted by atomic mass is 16.5. The van der Waals surface area contributed by atoms with Gasteiger partial charge in [-0.15, -0.1) is 0 Å². The van der Waals surface area contributed by atoms with Crippen LogP contribution in [-0.4, -0.2) is 50.8 Å². The van der Waals surface area contributed by atoms with Gasteiger partial charge in [0.1, 0.15) is 0 Å². The minimum absolute atomic E-state index is 0.511. The van der Waals surface area contributed by atoms with Crippen molar-refractivity contribution in [2.45, 2.75) is 53.0 Å². The molecule has 0 saturated heterocycles. The lowest BCUT2D eigenvalue weighted by Crippen LogP contribution is -2.48. The fourth-order valence-electron chi connectivity index (χ4n) is 3.39. The van der Waals surface area contributed by atoms with Crippen LogP contribution in [0.5, 0.6) is 0 Å². The number of nitrogens with zero attached hydrogens (tertiary/aromatic N) is 1. The van der Waals surface area contributed by atoms with Crippen molar-refractivity contribution in [3.8, 4) is 0 Å². The highest BCUT2D eigenvalue weighted by molar-refractivity contribution is 4.90. The van der Waals surface area contributed by atoms with Gasteiger partial charge in [-0.05, 0) is 43.7 Å². The predicted molar refractivity (Wildman–Crippen MR) is 82.6 cm³/mol. The van der Waals surface area contributed by atoms with Gasteiger partial charge in [-0.25, -0.2) is 0 Å². The smallest absolute Gasteiger partial charge is 0.0589 e. The van der Waals surface area contributed by atoms with Crippen LogP contribution in [0.15, 0.2) is 0 Å². The monoisotopic (exact) mass is 270 g/mol.